The van der Waals surface area contributed by atoms with Gasteiger partial charge < -0.3 is 25.4 Å². The summed E-state index contributed by atoms with van der Waals surface area (Å²) in [6, 6.07) is 17.4. The molecule has 0 amide bonds. The van der Waals surface area contributed by atoms with Crippen molar-refractivity contribution < 1.29 is 23.4 Å². The van der Waals surface area contributed by atoms with Crippen LogP contribution in [0.3, 0.4) is 0 Å². The molecule has 3 aromatic carbocycles. The van der Waals surface area contributed by atoms with Gasteiger partial charge in [-0.1, -0.05) is 17.7 Å². The summed E-state index contributed by atoms with van der Waals surface area (Å²) < 4.78 is 40.8. The molecule has 5 nitrogen and oxygen atoms in total. The van der Waals surface area contributed by atoms with E-state index >= 15 is 0 Å². The van der Waals surface area contributed by atoms with Gasteiger partial charge in [-0.05, 0) is 60.7 Å². The summed E-state index contributed by atoms with van der Waals surface area (Å²) >= 11 is 5.61. The third-order valence-corrected chi connectivity index (χ3v) is 5.06. The summed E-state index contributed by atoms with van der Waals surface area (Å²) in [4.78, 5) is 0. The quantitative estimate of drug-likeness (QED) is 0.291. The Morgan fingerprint density at radius 3 is 2.29 bits per heavy atom. The molecular weight excluding hydrogens is 431 g/mol. The zero-order valence-corrected chi connectivity index (χ0v) is 16.6. The second-order valence-corrected chi connectivity index (χ2v) is 7.23. The van der Waals surface area contributed by atoms with E-state index in [0.717, 1.165) is 28.7 Å². The summed E-state index contributed by atoms with van der Waals surface area (Å²) in [5.74, 6) is 0.194. The molecule has 1 unspecified atom stereocenters. The van der Waals surface area contributed by atoms with Gasteiger partial charge in [0.1, 0.15) is 5.75 Å². The minimum Gasteiger partial charge on any atom is -0.507 e. The van der Waals surface area contributed by atoms with Crippen LogP contribution >= 0.6 is 11.6 Å². The molecule has 0 aliphatic rings. The summed E-state index contributed by atoms with van der Waals surface area (Å²) in [5, 5.41) is 25.8. The fourth-order valence-corrected chi connectivity index (χ4v) is 3.50. The van der Waals surface area contributed by atoms with Crippen molar-refractivity contribution >= 4 is 33.9 Å². The van der Waals surface area contributed by atoms with Crippen molar-refractivity contribution in [2.75, 3.05) is 10.6 Å². The normalized spacial score (nSPS) is 12.7. The van der Waals surface area contributed by atoms with E-state index in [9.17, 15) is 23.4 Å². The molecule has 1 atom stereocenters. The van der Waals surface area contributed by atoms with Crippen molar-refractivity contribution in [2.45, 2.75) is 12.5 Å². The number of aromatic nitrogens is 1. The predicted octanol–water partition coefficient (Wildman–Crippen LogP) is 5.81. The van der Waals surface area contributed by atoms with Crippen LogP contribution in [-0.4, -0.2) is 21.1 Å². The van der Waals surface area contributed by atoms with Crippen LogP contribution in [0.15, 0.2) is 72.9 Å². The molecule has 160 valence electrons. The van der Waals surface area contributed by atoms with Crippen LogP contribution in [0.1, 0.15) is 5.56 Å². The number of alkyl halides is 3. The number of fused-ring (bicyclic) bond motifs is 1. The molecule has 31 heavy (non-hydrogen) atoms. The van der Waals surface area contributed by atoms with E-state index in [2.05, 4.69) is 10.6 Å². The number of anilines is 2. The molecule has 0 radical (unpaired) electrons. The maximum Gasteiger partial charge on any atom is 0.417 e. The number of rotatable bonds is 5. The smallest absolute Gasteiger partial charge is 0.417 e. The first-order valence-electron chi connectivity index (χ1n) is 9.20. The van der Waals surface area contributed by atoms with Crippen LogP contribution in [0.2, 0.25) is 5.02 Å². The Morgan fingerprint density at radius 1 is 0.903 bits per heavy atom. The van der Waals surface area contributed by atoms with Crippen LogP contribution in [0.25, 0.3) is 16.6 Å². The third kappa shape index (κ3) is 4.40. The van der Waals surface area contributed by atoms with Crippen LogP contribution in [0.5, 0.6) is 5.75 Å². The first kappa shape index (κ1) is 20.9. The predicted molar refractivity (Wildman–Crippen MR) is 115 cm³/mol. The molecule has 0 saturated heterocycles. The Morgan fingerprint density at radius 2 is 1.58 bits per heavy atom. The molecule has 0 aliphatic carbocycles. The van der Waals surface area contributed by atoms with Gasteiger partial charge in [-0.2, -0.15) is 13.2 Å². The van der Waals surface area contributed by atoms with Gasteiger partial charge in [0.25, 0.3) is 0 Å². The van der Waals surface area contributed by atoms with E-state index in [1.165, 1.54) is 6.07 Å². The highest BCUT2D eigenvalue weighted by atomic mass is 35.5. The Hall–Kier alpha value is -3.36. The Bertz CT molecular complexity index is 1220. The highest BCUT2D eigenvalue weighted by Gasteiger charge is 2.33. The molecular formula is C22H17ClF3N3O2. The first-order chi connectivity index (χ1) is 14.7. The third-order valence-electron chi connectivity index (χ3n) is 4.73. The lowest BCUT2D eigenvalue weighted by Gasteiger charge is -2.18. The van der Waals surface area contributed by atoms with Gasteiger partial charge in [-0.25, -0.2) is 0 Å². The Balaban J connectivity index is 1.47. The largest absolute Gasteiger partial charge is 0.507 e. The lowest BCUT2D eigenvalue weighted by molar-refractivity contribution is -0.137. The molecule has 4 rings (SSSR count). The van der Waals surface area contributed by atoms with Crippen molar-refractivity contribution in [3.8, 4) is 11.4 Å². The van der Waals surface area contributed by atoms with Crippen LogP contribution in [0.4, 0.5) is 24.5 Å². The number of phenolic OH excluding ortho intramolecular Hbond substituents is 1. The molecule has 0 fully saturated rings. The maximum absolute atomic E-state index is 13.0. The van der Waals surface area contributed by atoms with Gasteiger partial charge >= 0.3 is 6.18 Å². The average Bonchev–Trinajstić information content (AvgIpc) is 3.15. The van der Waals surface area contributed by atoms with Gasteiger partial charge in [0.15, 0.2) is 0 Å². The number of nitrogens with zero attached hydrogens (tertiary/aromatic N) is 1. The summed E-state index contributed by atoms with van der Waals surface area (Å²) in [5.41, 5.74) is 1.30. The SMILES string of the molecule is Oc1cccc2c1ccn2-c1ccc(NC(O)Nc2ccc(Cl)c(C(F)(F)F)c2)cc1. The number of aliphatic hydroxyl groups is 1. The Kier molecular flexibility index (Phi) is 5.43. The van der Waals surface area contributed by atoms with Crippen molar-refractivity contribution in [1.82, 2.24) is 4.57 Å². The first-order valence-corrected chi connectivity index (χ1v) is 9.57. The second-order valence-electron chi connectivity index (χ2n) is 6.83. The average molecular weight is 448 g/mol. The lowest BCUT2D eigenvalue weighted by atomic mass is 10.2. The lowest BCUT2D eigenvalue weighted by Crippen LogP contribution is -2.28. The molecule has 4 aromatic rings. The topological polar surface area (TPSA) is 69.5 Å². The van der Waals surface area contributed by atoms with E-state index in [-0.39, 0.29) is 11.4 Å². The van der Waals surface area contributed by atoms with Gasteiger partial charge in [-0.15, -0.1) is 0 Å². The minimum atomic E-state index is -4.59. The number of aliphatic hydroxyl groups excluding tert-OH is 1. The van der Waals surface area contributed by atoms with Gasteiger partial charge in [-0.3, -0.25) is 0 Å². The highest BCUT2D eigenvalue weighted by Crippen LogP contribution is 2.36. The zero-order chi connectivity index (χ0) is 22.2. The molecule has 4 N–H and O–H groups in total. The standard InChI is InChI=1S/C22H17ClF3N3O2/c23-18-9-6-14(12-17(18)22(24,25)26)28-21(31)27-13-4-7-15(8-5-13)29-11-10-16-19(29)2-1-3-20(16)30/h1-12,21,27-28,30-31H. The van der Waals surface area contributed by atoms with E-state index in [0.29, 0.717) is 5.69 Å². The fourth-order valence-electron chi connectivity index (χ4n) is 3.28. The zero-order valence-electron chi connectivity index (χ0n) is 15.9. The minimum absolute atomic E-state index is 0.0620. The molecule has 0 aliphatic heterocycles. The fraction of sp³-hybridized carbons (Fsp3) is 0.0909. The van der Waals surface area contributed by atoms with Crippen molar-refractivity contribution in [2.24, 2.45) is 0 Å². The summed E-state index contributed by atoms with van der Waals surface area (Å²) in [7, 11) is 0. The summed E-state index contributed by atoms with van der Waals surface area (Å²) in [6.07, 6.45) is -4.10. The van der Waals surface area contributed by atoms with E-state index < -0.39 is 23.1 Å². The van der Waals surface area contributed by atoms with Gasteiger partial charge in [0.2, 0.25) is 6.35 Å². The van der Waals surface area contributed by atoms with Crippen LogP contribution in [-0.2, 0) is 6.18 Å². The monoisotopic (exact) mass is 447 g/mol. The Labute approximate surface area is 180 Å². The number of phenols is 1. The molecule has 0 bridgehead atoms. The number of nitrogens with one attached hydrogen (secondary N) is 2. The molecule has 0 saturated carbocycles. The molecule has 1 heterocycles. The van der Waals surface area contributed by atoms with Gasteiger partial charge in [0, 0.05) is 28.6 Å². The second kappa shape index (κ2) is 8.05. The van der Waals surface area contributed by atoms with E-state index in [4.69, 9.17) is 11.6 Å². The maximum atomic E-state index is 13.0. The number of aromatic hydroxyl groups is 1. The number of hydrogen-bond donors (Lipinski definition) is 4. The van der Waals surface area contributed by atoms with E-state index in [1.807, 2.05) is 35.0 Å². The van der Waals surface area contributed by atoms with Crippen LogP contribution in [0, 0.1) is 0 Å². The molecule has 9 heteroatoms. The number of hydrogen-bond acceptors (Lipinski definition) is 4. The molecule has 1 aromatic heterocycles. The van der Waals surface area contributed by atoms with E-state index in [1.54, 1.807) is 24.3 Å². The van der Waals surface area contributed by atoms with Crippen molar-refractivity contribution in [3.63, 3.8) is 0 Å². The van der Waals surface area contributed by atoms with Crippen LogP contribution < -0.4 is 10.6 Å². The molecule has 0 spiro atoms. The number of halogens is 4. The van der Waals surface area contributed by atoms with Crippen molar-refractivity contribution in [1.29, 1.82) is 0 Å². The highest BCUT2D eigenvalue weighted by molar-refractivity contribution is 6.31. The van der Waals surface area contributed by atoms with Gasteiger partial charge in [0.05, 0.1) is 16.1 Å². The number of benzene rings is 3. The van der Waals surface area contributed by atoms with Crippen molar-refractivity contribution in [3.05, 3.63) is 83.5 Å². The summed E-state index contributed by atoms with van der Waals surface area (Å²) in [6.45, 7) is 0.